The van der Waals surface area contributed by atoms with Gasteiger partial charge in [-0.15, -0.1) is 0 Å². The van der Waals surface area contributed by atoms with Gasteiger partial charge >= 0.3 is 0 Å². The standard InChI is InChI=1S/C16H17FN2O/c17-15-3-1-2-14(10-15)16(20)19-11-13-6-4-12(5-7-13)8-9-18/h1-7,10H,8-9,11,18H2,(H,19,20). The van der Waals surface area contributed by atoms with Gasteiger partial charge in [0.1, 0.15) is 5.82 Å². The van der Waals surface area contributed by atoms with Crippen LogP contribution in [0.1, 0.15) is 21.5 Å². The monoisotopic (exact) mass is 272 g/mol. The quantitative estimate of drug-likeness (QED) is 0.877. The van der Waals surface area contributed by atoms with E-state index in [1.807, 2.05) is 24.3 Å². The summed E-state index contributed by atoms with van der Waals surface area (Å²) in [6.45, 7) is 1.04. The Balaban J connectivity index is 1.93. The van der Waals surface area contributed by atoms with Crippen LogP contribution in [0.25, 0.3) is 0 Å². The first-order chi connectivity index (χ1) is 9.69. The summed E-state index contributed by atoms with van der Waals surface area (Å²) in [7, 11) is 0. The van der Waals surface area contributed by atoms with Crippen molar-refractivity contribution in [2.24, 2.45) is 5.73 Å². The number of nitrogens with one attached hydrogen (secondary N) is 1. The van der Waals surface area contributed by atoms with E-state index in [9.17, 15) is 9.18 Å². The van der Waals surface area contributed by atoms with Crippen LogP contribution in [0.5, 0.6) is 0 Å². The van der Waals surface area contributed by atoms with Gasteiger partial charge in [0, 0.05) is 12.1 Å². The Kier molecular flexibility index (Phi) is 4.85. The Morgan fingerprint density at radius 1 is 1.10 bits per heavy atom. The number of carbonyl (C=O) groups excluding carboxylic acids is 1. The molecule has 0 aliphatic heterocycles. The fourth-order valence-corrected chi connectivity index (χ4v) is 1.90. The lowest BCUT2D eigenvalue weighted by Crippen LogP contribution is -2.22. The average molecular weight is 272 g/mol. The molecule has 2 rings (SSSR count). The maximum Gasteiger partial charge on any atom is 0.251 e. The first kappa shape index (κ1) is 14.2. The zero-order valence-electron chi connectivity index (χ0n) is 11.1. The van der Waals surface area contributed by atoms with Crippen LogP contribution < -0.4 is 11.1 Å². The lowest BCUT2D eigenvalue weighted by Gasteiger charge is -2.06. The van der Waals surface area contributed by atoms with E-state index in [-0.39, 0.29) is 5.91 Å². The summed E-state index contributed by atoms with van der Waals surface area (Å²) >= 11 is 0. The van der Waals surface area contributed by atoms with E-state index in [4.69, 9.17) is 5.73 Å². The van der Waals surface area contributed by atoms with Crippen molar-refractivity contribution in [2.75, 3.05) is 6.54 Å². The summed E-state index contributed by atoms with van der Waals surface area (Å²) in [5.74, 6) is -0.695. The van der Waals surface area contributed by atoms with E-state index in [1.54, 1.807) is 6.07 Å². The predicted molar refractivity (Wildman–Crippen MR) is 76.8 cm³/mol. The summed E-state index contributed by atoms with van der Waals surface area (Å²) < 4.78 is 13.0. The van der Waals surface area contributed by atoms with Gasteiger partial charge in [-0.1, -0.05) is 30.3 Å². The lowest BCUT2D eigenvalue weighted by molar-refractivity contribution is 0.0950. The van der Waals surface area contributed by atoms with E-state index in [0.29, 0.717) is 18.7 Å². The molecule has 3 N–H and O–H groups in total. The highest BCUT2D eigenvalue weighted by atomic mass is 19.1. The summed E-state index contributed by atoms with van der Waals surface area (Å²) in [6.07, 6.45) is 0.843. The van der Waals surface area contributed by atoms with Gasteiger partial charge in [-0.25, -0.2) is 4.39 Å². The normalized spacial score (nSPS) is 10.3. The van der Waals surface area contributed by atoms with E-state index in [1.165, 1.54) is 23.8 Å². The molecule has 0 bridgehead atoms. The van der Waals surface area contributed by atoms with Gasteiger partial charge in [0.2, 0.25) is 0 Å². The molecular weight excluding hydrogens is 255 g/mol. The summed E-state index contributed by atoms with van der Waals surface area (Å²) in [4.78, 5) is 11.8. The molecule has 0 unspecified atom stereocenters. The Morgan fingerprint density at radius 3 is 2.45 bits per heavy atom. The van der Waals surface area contributed by atoms with Crippen LogP contribution in [0.3, 0.4) is 0 Å². The SMILES string of the molecule is NCCc1ccc(CNC(=O)c2cccc(F)c2)cc1. The van der Waals surface area contributed by atoms with Crippen molar-refractivity contribution >= 4 is 5.91 Å². The molecule has 20 heavy (non-hydrogen) atoms. The third-order valence-electron chi connectivity index (χ3n) is 3.00. The van der Waals surface area contributed by atoms with Crippen LogP contribution in [0.15, 0.2) is 48.5 Å². The highest BCUT2D eigenvalue weighted by Crippen LogP contribution is 2.06. The second kappa shape index (κ2) is 6.82. The average Bonchev–Trinajstić information content (AvgIpc) is 2.46. The first-order valence-corrected chi connectivity index (χ1v) is 6.50. The highest BCUT2D eigenvalue weighted by Gasteiger charge is 2.05. The molecule has 0 saturated heterocycles. The molecule has 1 amide bonds. The van der Waals surface area contributed by atoms with E-state index in [2.05, 4.69) is 5.32 Å². The molecule has 3 nitrogen and oxygen atoms in total. The lowest BCUT2D eigenvalue weighted by atomic mass is 10.1. The van der Waals surface area contributed by atoms with Crippen LogP contribution in [-0.2, 0) is 13.0 Å². The minimum absolute atomic E-state index is 0.282. The minimum atomic E-state index is -0.413. The molecule has 0 heterocycles. The van der Waals surface area contributed by atoms with Crippen molar-refractivity contribution in [2.45, 2.75) is 13.0 Å². The van der Waals surface area contributed by atoms with Crippen molar-refractivity contribution in [3.63, 3.8) is 0 Å². The van der Waals surface area contributed by atoms with E-state index >= 15 is 0 Å². The summed E-state index contributed by atoms with van der Waals surface area (Å²) in [5.41, 5.74) is 7.98. The molecular formula is C16H17FN2O. The fourth-order valence-electron chi connectivity index (χ4n) is 1.90. The Labute approximate surface area is 117 Å². The number of amides is 1. The number of hydrogen-bond donors (Lipinski definition) is 2. The Hall–Kier alpha value is -2.20. The van der Waals surface area contributed by atoms with Crippen LogP contribution in [-0.4, -0.2) is 12.5 Å². The number of rotatable bonds is 5. The van der Waals surface area contributed by atoms with Crippen molar-refractivity contribution in [1.29, 1.82) is 0 Å². The molecule has 0 spiro atoms. The molecule has 0 saturated carbocycles. The summed E-state index contributed by atoms with van der Waals surface area (Å²) in [6, 6.07) is 13.5. The zero-order valence-corrected chi connectivity index (χ0v) is 11.1. The molecule has 0 radical (unpaired) electrons. The molecule has 0 aliphatic carbocycles. The second-order valence-electron chi connectivity index (χ2n) is 4.55. The molecule has 2 aromatic rings. The number of halogens is 1. The predicted octanol–water partition coefficient (Wildman–Crippen LogP) is 2.26. The van der Waals surface area contributed by atoms with Gasteiger partial charge in [-0.3, -0.25) is 4.79 Å². The third-order valence-corrected chi connectivity index (χ3v) is 3.00. The Morgan fingerprint density at radius 2 is 1.80 bits per heavy atom. The van der Waals surface area contributed by atoms with Crippen molar-refractivity contribution in [3.05, 3.63) is 71.0 Å². The molecule has 4 heteroatoms. The molecule has 0 aliphatic rings. The maximum absolute atomic E-state index is 13.0. The van der Waals surface area contributed by atoms with Crippen LogP contribution in [0.2, 0.25) is 0 Å². The van der Waals surface area contributed by atoms with E-state index in [0.717, 1.165) is 12.0 Å². The van der Waals surface area contributed by atoms with Gasteiger partial charge in [-0.05, 0) is 42.3 Å². The van der Waals surface area contributed by atoms with Crippen molar-refractivity contribution in [3.8, 4) is 0 Å². The van der Waals surface area contributed by atoms with Crippen LogP contribution in [0.4, 0.5) is 4.39 Å². The van der Waals surface area contributed by atoms with Crippen LogP contribution >= 0.6 is 0 Å². The van der Waals surface area contributed by atoms with Gasteiger partial charge < -0.3 is 11.1 Å². The van der Waals surface area contributed by atoms with Gasteiger partial charge in [0.05, 0.1) is 0 Å². The summed E-state index contributed by atoms with van der Waals surface area (Å²) in [5, 5.41) is 2.76. The highest BCUT2D eigenvalue weighted by molar-refractivity contribution is 5.94. The minimum Gasteiger partial charge on any atom is -0.348 e. The zero-order chi connectivity index (χ0) is 14.4. The van der Waals surface area contributed by atoms with Crippen LogP contribution in [0, 0.1) is 5.82 Å². The van der Waals surface area contributed by atoms with Crippen molar-refractivity contribution in [1.82, 2.24) is 5.32 Å². The number of carbonyl (C=O) groups is 1. The van der Waals surface area contributed by atoms with Gasteiger partial charge in [0.25, 0.3) is 5.91 Å². The largest absolute Gasteiger partial charge is 0.348 e. The molecule has 0 aromatic heterocycles. The number of hydrogen-bond acceptors (Lipinski definition) is 2. The Bertz CT molecular complexity index is 581. The molecule has 104 valence electrons. The van der Waals surface area contributed by atoms with Crippen molar-refractivity contribution < 1.29 is 9.18 Å². The topological polar surface area (TPSA) is 55.1 Å². The number of benzene rings is 2. The smallest absolute Gasteiger partial charge is 0.251 e. The second-order valence-corrected chi connectivity index (χ2v) is 4.55. The maximum atomic E-state index is 13.0. The van der Waals surface area contributed by atoms with Gasteiger partial charge in [-0.2, -0.15) is 0 Å². The molecule has 0 fully saturated rings. The molecule has 0 atom stereocenters. The third kappa shape index (κ3) is 3.90. The first-order valence-electron chi connectivity index (χ1n) is 6.50. The fraction of sp³-hybridized carbons (Fsp3) is 0.188. The van der Waals surface area contributed by atoms with Gasteiger partial charge in [0.15, 0.2) is 0 Å². The number of nitrogens with two attached hydrogens (primary N) is 1. The molecule has 2 aromatic carbocycles. The van der Waals surface area contributed by atoms with E-state index < -0.39 is 5.82 Å².